The number of carboxylic acids is 1. The number of amides is 1. The van der Waals surface area contributed by atoms with Crippen LogP contribution in [0.2, 0.25) is 0 Å². The minimum atomic E-state index is -0.905. The third kappa shape index (κ3) is 3.47. The van der Waals surface area contributed by atoms with Gasteiger partial charge in [0.15, 0.2) is 18.2 Å². The van der Waals surface area contributed by atoms with E-state index in [0.717, 1.165) is 5.56 Å². The number of nitrogens with zero attached hydrogens (tertiary/aromatic N) is 1. The highest BCUT2D eigenvalue weighted by molar-refractivity contribution is 5.97. The van der Waals surface area contributed by atoms with Crippen molar-refractivity contribution in [1.82, 2.24) is 0 Å². The molecule has 0 aromatic heterocycles. The molecule has 1 heterocycles. The molecule has 25 heavy (non-hydrogen) atoms. The molecule has 0 saturated carbocycles. The SMILES string of the molecule is Cc1ccc(F)c(OCC(=O)N2CCC(C(=O)O)c3ccccc32)c1. The van der Waals surface area contributed by atoms with Crippen molar-refractivity contribution in [3.63, 3.8) is 0 Å². The fourth-order valence-electron chi connectivity index (χ4n) is 3.02. The van der Waals surface area contributed by atoms with Crippen molar-refractivity contribution in [1.29, 1.82) is 0 Å². The first-order chi connectivity index (χ1) is 12.0. The minimum absolute atomic E-state index is 0.0297. The lowest BCUT2D eigenvalue weighted by Gasteiger charge is -2.32. The van der Waals surface area contributed by atoms with Gasteiger partial charge in [-0.1, -0.05) is 24.3 Å². The van der Waals surface area contributed by atoms with Crippen LogP contribution in [0.3, 0.4) is 0 Å². The average molecular weight is 343 g/mol. The molecule has 2 aromatic rings. The minimum Gasteiger partial charge on any atom is -0.481 e. The Morgan fingerprint density at radius 2 is 2.04 bits per heavy atom. The van der Waals surface area contributed by atoms with Crippen LogP contribution in [0.5, 0.6) is 5.75 Å². The van der Waals surface area contributed by atoms with E-state index in [1.54, 1.807) is 37.3 Å². The van der Waals surface area contributed by atoms with Crippen molar-refractivity contribution in [2.75, 3.05) is 18.1 Å². The number of carbonyl (C=O) groups is 2. The number of halogens is 1. The van der Waals surface area contributed by atoms with Crippen LogP contribution < -0.4 is 9.64 Å². The molecule has 0 bridgehead atoms. The van der Waals surface area contributed by atoms with Gasteiger partial charge in [-0.05, 0) is 42.7 Å². The van der Waals surface area contributed by atoms with Crippen LogP contribution in [0.4, 0.5) is 10.1 Å². The van der Waals surface area contributed by atoms with E-state index in [4.69, 9.17) is 4.74 Å². The zero-order chi connectivity index (χ0) is 18.0. The number of carboxylic acid groups (broad SMARTS) is 1. The Morgan fingerprint density at radius 3 is 2.80 bits per heavy atom. The van der Waals surface area contributed by atoms with Crippen molar-refractivity contribution in [2.45, 2.75) is 19.3 Å². The molecule has 0 fully saturated rings. The standard InChI is InChI=1S/C19H18FNO4/c1-12-6-7-15(20)17(10-12)25-11-18(22)21-9-8-14(19(23)24)13-4-2-3-5-16(13)21/h2-7,10,14H,8-9,11H2,1H3,(H,23,24). The Hall–Kier alpha value is -2.89. The number of fused-ring (bicyclic) bond motifs is 1. The molecule has 1 amide bonds. The van der Waals surface area contributed by atoms with Crippen LogP contribution in [0.25, 0.3) is 0 Å². The van der Waals surface area contributed by atoms with E-state index in [2.05, 4.69) is 0 Å². The number of carbonyl (C=O) groups excluding carboxylic acids is 1. The Kier molecular flexibility index (Phi) is 4.70. The molecule has 3 rings (SSSR count). The number of ether oxygens (including phenoxy) is 1. The summed E-state index contributed by atoms with van der Waals surface area (Å²) in [5.74, 6) is -2.37. The van der Waals surface area contributed by atoms with Crippen molar-refractivity contribution < 1.29 is 23.8 Å². The number of hydrogen-bond donors (Lipinski definition) is 1. The fraction of sp³-hybridized carbons (Fsp3) is 0.263. The molecular formula is C19H18FNO4. The highest BCUT2D eigenvalue weighted by Crippen LogP contribution is 2.35. The summed E-state index contributed by atoms with van der Waals surface area (Å²) in [5.41, 5.74) is 2.01. The van der Waals surface area contributed by atoms with Crippen LogP contribution in [0, 0.1) is 12.7 Å². The maximum absolute atomic E-state index is 13.7. The molecule has 2 aromatic carbocycles. The van der Waals surface area contributed by atoms with Gasteiger partial charge in [0.05, 0.1) is 5.92 Å². The molecule has 1 atom stereocenters. The van der Waals surface area contributed by atoms with Gasteiger partial charge in [0.25, 0.3) is 5.91 Å². The Morgan fingerprint density at radius 1 is 1.28 bits per heavy atom. The molecule has 130 valence electrons. The summed E-state index contributed by atoms with van der Waals surface area (Å²) in [6.07, 6.45) is 0.330. The van der Waals surface area contributed by atoms with Crippen molar-refractivity contribution in [3.8, 4) is 5.75 Å². The largest absolute Gasteiger partial charge is 0.481 e. The van der Waals surface area contributed by atoms with Crippen molar-refractivity contribution in [2.24, 2.45) is 0 Å². The molecule has 0 spiro atoms. The predicted octanol–water partition coefficient (Wildman–Crippen LogP) is 3.12. The van der Waals surface area contributed by atoms with Crippen molar-refractivity contribution in [3.05, 3.63) is 59.4 Å². The van der Waals surface area contributed by atoms with E-state index in [9.17, 15) is 19.1 Å². The maximum atomic E-state index is 13.7. The van der Waals surface area contributed by atoms with Crippen molar-refractivity contribution >= 4 is 17.6 Å². The molecule has 1 unspecified atom stereocenters. The van der Waals surface area contributed by atoms with Gasteiger partial charge < -0.3 is 14.7 Å². The maximum Gasteiger partial charge on any atom is 0.311 e. The number of rotatable bonds is 4. The Labute approximate surface area is 144 Å². The van der Waals surface area contributed by atoms with Crippen LogP contribution in [-0.2, 0) is 9.59 Å². The normalized spacial score (nSPS) is 16.2. The molecule has 6 heteroatoms. The van der Waals surface area contributed by atoms with E-state index in [-0.39, 0.29) is 24.8 Å². The number of hydrogen-bond acceptors (Lipinski definition) is 3. The van der Waals surface area contributed by atoms with E-state index >= 15 is 0 Å². The van der Waals surface area contributed by atoms with Gasteiger partial charge in [-0.25, -0.2) is 4.39 Å². The Balaban J connectivity index is 1.77. The average Bonchev–Trinajstić information content (AvgIpc) is 2.61. The third-order valence-corrected chi connectivity index (χ3v) is 4.28. The summed E-state index contributed by atoms with van der Waals surface area (Å²) in [6, 6.07) is 11.4. The first-order valence-corrected chi connectivity index (χ1v) is 7.98. The monoisotopic (exact) mass is 343 g/mol. The number of anilines is 1. The lowest BCUT2D eigenvalue weighted by Crippen LogP contribution is -2.40. The molecule has 1 aliphatic heterocycles. The summed E-state index contributed by atoms with van der Waals surface area (Å²) in [6.45, 7) is 1.78. The predicted molar refractivity (Wildman–Crippen MR) is 90.4 cm³/mol. The van der Waals surface area contributed by atoms with Crippen LogP contribution >= 0.6 is 0 Å². The molecule has 1 N–H and O–H groups in total. The summed E-state index contributed by atoms with van der Waals surface area (Å²) in [7, 11) is 0. The summed E-state index contributed by atoms with van der Waals surface area (Å²) >= 11 is 0. The van der Waals surface area contributed by atoms with E-state index in [1.165, 1.54) is 17.0 Å². The van der Waals surface area contributed by atoms with Gasteiger partial charge in [-0.15, -0.1) is 0 Å². The van der Waals surface area contributed by atoms with Gasteiger partial charge in [0.1, 0.15) is 0 Å². The first kappa shape index (κ1) is 17.0. The Bertz CT molecular complexity index is 821. The number of aryl methyl sites for hydroxylation is 1. The lowest BCUT2D eigenvalue weighted by molar-refractivity contribution is -0.139. The topological polar surface area (TPSA) is 66.8 Å². The molecular weight excluding hydrogens is 325 g/mol. The van der Waals surface area contributed by atoms with Gasteiger partial charge in [-0.2, -0.15) is 0 Å². The van der Waals surface area contributed by atoms with E-state index < -0.39 is 17.7 Å². The quantitative estimate of drug-likeness (QED) is 0.926. The zero-order valence-corrected chi connectivity index (χ0v) is 13.7. The molecule has 0 radical (unpaired) electrons. The second kappa shape index (κ2) is 6.93. The summed E-state index contributed by atoms with van der Waals surface area (Å²) in [4.78, 5) is 25.4. The second-order valence-electron chi connectivity index (χ2n) is 6.01. The second-order valence-corrected chi connectivity index (χ2v) is 6.01. The van der Waals surface area contributed by atoms with Gasteiger partial charge in [0, 0.05) is 12.2 Å². The van der Waals surface area contributed by atoms with Gasteiger partial charge >= 0.3 is 5.97 Å². The lowest BCUT2D eigenvalue weighted by atomic mass is 9.90. The smallest absolute Gasteiger partial charge is 0.311 e. The van der Waals surface area contributed by atoms with Crippen LogP contribution in [-0.4, -0.2) is 30.1 Å². The summed E-state index contributed by atoms with van der Waals surface area (Å²) in [5, 5.41) is 9.35. The fourth-order valence-corrected chi connectivity index (χ4v) is 3.02. The molecule has 0 aliphatic carbocycles. The third-order valence-electron chi connectivity index (χ3n) is 4.28. The van der Waals surface area contributed by atoms with Crippen LogP contribution in [0.15, 0.2) is 42.5 Å². The molecule has 5 nitrogen and oxygen atoms in total. The zero-order valence-electron chi connectivity index (χ0n) is 13.7. The highest BCUT2D eigenvalue weighted by atomic mass is 19.1. The molecule has 1 aliphatic rings. The van der Waals surface area contributed by atoms with Gasteiger partial charge in [0.2, 0.25) is 0 Å². The van der Waals surface area contributed by atoms with Gasteiger partial charge in [-0.3, -0.25) is 9.59 Å². The number of para-hydroxylation sites is 1. The van der Waals surface area contributed by atoms with E-state index in [1.807, 2.05) is 0 Å². The number of benzene rings is 2. The first-order valence-electron chi connectivity index (χ1n) is 7.98. The van der Waals surface area contributed by atoms with Crippen LogP contribution in [0.1, 0.15) is 23.5 Å². The molecule has 0 saturated heterocycles. The summed E-state index contributed by atoms with van der Waals surface area (Å²) < 4.78 is 19.1. The highest BCUT2D eigenvalue weighted by Gasteiger charge is 2.32. The number of aliphatic carboxylic acids is 1. The van der Waals surface area contributed by atoms with E-state index in [0.29, 0.717) is 17.7 Å².